The van der Waals surface area contributed by atoms with Gasteiger partial charge in [0.05, 0.1) is 0 Å². The van der Waals surface area contributed by atoms with Gasteiger partial charge in [0, 0.05) is 17.6 Å². The van der Waals surface area contributed by atoms with Crippen molar-refractivity contribution in [2.24, 2.45) is 0 Å². The zero-order chi connectivity index (χ0) is 12.4. The second-order valence-electron chi connectivity index (χ2n) is 4.36. The number of nitrogens with zero attached hydrogens (tertiary/aromatic N) is 1. The molecular weight excluding hydrogens is 282 g/mol. The number of aliphatic carboxylic acids is 1. The monoisotopic (exact) mass is 297 g/mol. The SMILES string of the molecule is CCC(C(=O)O)N1CCc2c(Br)cccc2C1. The Morgan fingerprint density at radius 3 is 3.00 bits per heavy atom. The van der Waals surface area contributed by atoms with Gasteiger partial charge in [-0.1, -0.05) is 35.0 Å². The number of benzene rings is 1. The predicted molar refractivity (Wildman–Crippen MR) is 70.0 cm³/mol. The van der Waals surface area contributed by atoms with Gasteiger partial charge in [0.15, 0.2) is 0 Å². The summed E-state index contributed by atoms with van der Waals surface area (Å²) in [6.07, 6.45) is 1.57. The Labute approximate surface area is 110 Å². The lowest BCUT2D eigenvalue weighted by molar-refractivity contribution is -0.143. The normalized spacial score (nSPS) is 17.5. The summed E-state index contributed by atoms with van der Waals surface area (Å²) in [7, 11) is 0. The van der Waals surface area contributed by atoms with E-state index in [9.17, 15) is 9.90 Å². The maximum Gasteiger partial charge on any atom is 0.320 e. The predicted octanol–water partition coefficient (Wildman–Crippen LogP) is 2.67. The summed E-state index contributed by atoms with van der Waals surface area (Å²) >= 11 is 3.55. The second kappa shape index (κ2) is 5.19. The molecule has 0 saturated heterocycles. The molecule has 2 rings (SSSR count). The average molecular weight is 298 g/mol. The summed E-state index contributed by atoms with van der Waals surface area (Å²) in [6.45, 7) is 3.48. The van der Waals surface area contributed by atoms with E-state index in [4.69, 9.17) is 0 Å². The van der Waals surface area contributed by atoms with E-state index in [1.165, 1.54) is 11.1 Å². The van der Waals surface area contributed by atoms with Crippen molar-refractivity contribution in [3.05, 3.63) is 33.8 Å². The minimum absolute atomic E-state index is 0.359. The molecule has 1 unspecified atom stereocenters. The van der Waals surface area contributed by atoms with Gasteiger partial charge >= 0.3 is 5.97 Å². The molecule has 0 fully saturated rings. The van der Waals surface area contributed by atoms with Crippen molar-refractivity contribution in [3.8, 4) is 0 Å². The van der Waals surface area contributed by atoms with Crippen LogP contribution in [0, 0.1) is 0 Å². The molecule has 0 amide bonds. The van der Waals surface area contributed by atoms with E-state index in [0.29, 0.717) is 6.42 Å². The minimum atomic E-state index is -0.717. The molecule has 0 saturated carbocycles. The Hall–Kier alpha value is -0.870. The lowest BCUT2D eigenvalue weighted by Gasteiger charge is -2.33. The van der Waals surface area contributed by atoms with E-state index >= 15 is 0 Å². The van der Waals surface area contributed by atoms with Gasteiger partial charge < -0.3 is 5.11 Å². The number of carboxylic acid groups (broad SMARTS) is 1. The van der Waals surface area contributed by atoms with Gasteiger partial charge in [-0.3, -0.25) is 9.69 Å². The van der Waals surface area contributed by atoms with E-state index < -0.39 is 5.97 Å². The Kier molecular flexibility index (Phi) is 3.84. The topological polar surface area (TPSA) is 40.5 Å². The van der Waals surface area contributed by atoms with Crippen molar-refractivity contribution in [3.63, 3.8) is 0 Å². The lowest BCUT2D eigenvalue weighted by Crippen LogP contribution is -2.43. The molecule has 3 nitrogen and oxygen atoms in total. The van der Waals surface area contributed by atoms with E-state index in [1.807, 2.05) is 19.1 Å². The maximum atomic E-state index is 11.2. The molecule has 1 heterocycles. The van der Waals surface area contributed by atoms with Crippen molar-refractivity contribution in [2.45, 2.75) is 32.4 Å². The summed E-state index contributed by atoms with van der Waals surface area (Å²) in [6, 6.07) is 5.78. The third kappa shape index (κ3) is 2.53. The summed E-state index contributed by atoms with van der Waals surface area (Å²) < 4.78 is 1.14. The number of hydrogen-bond acceptors (Lipinski definition) is 2. The molecule has 1 atom stereocenters. The largest absolute Gasteiger partial charge is 0.480 e. The van der Waals surface area contributed by atoms with E-state index in [2.05, 4.69) is 26.9 Å². The van der Waals surface area contributed by atoms with Gasteiger partial charge in [-0.2, -0.15) is 0 Å². The van der Waals surface area contributed by atoms with Crippen molar-refractivity contribution in [1.82, 2.24) is 4.90 Å². The number of rotatable bonds is 3. The number of halogens is 1. The van der Waals surface area contributed by atoms with E-state index in [-0.39, 0.29) is 6.04 Å². The van der Waals surface area contributed by atoms with Crippen molar-refractivity contribution in [2.75, 3.05) is 6.54 Å². The molecule has 1 aromatic rings. The van der Waals surface area contributed by atoms with Gasteiger partial charge in [-0.15, -0.1) is 0 Å². The van der Waals surface area contributed by atoms with Crippen LogP contribution in [-0.4, -0.2) is 28.6 Å². The van der Waals surface area contributed by atoms with Crippen LogP contribution in [0.3, 0.4) is 0 Å². The molecule has 0 spiro atoms. The van der Waals surface area contributed by atoms with Crippen LogP contribution in [0.15, 0.2) is 22.7 Å². The first kappa shape index (κ1) is 12.6. The Morgan fingerprint density at radius 1 is 1.59 bits per heavy atom. The molecule has 4 heteroatoms. The third-order valence-electron chi connectivity index (χ3n) is 3.35. The summed E-state index contributed by atoms with van der Waals surface area (Å²) in [5, 5.41) is 9.18. The van der Waals surface area contributed by atoms with Gasteiger partial charge in [-0.05, 0) is 30.0 Å². The minimum Gasteiger partial charge on any atom is -0.480 e. The zero-order valence-electron chi connectivity index (χ0n) is 9.82. The second-order valence-corrected chi connectivity index (χ2v) is 5.21. The Bertz CT molecular complexity index is 433. The van der Waals surface area contributed by atoms with Crippen molar-refractivity contribution >= 4 is 21.9 Å². The molecule has 1 N–H and O–H groups in total. The van der Waals surface area contributed by atoms with Gasteiger partial charge in [0.2, 0.25) is 0 Å². The number of fused-ring (bicyclic) bond motifs is 1. The molecule has 0 bridgehead atoms. The molecular formula is C13H16BrNO2. The Morgan fingerprint density at radius 2 is 2.35 bits per heavy atom. The molecule has 0 radical (unpaired) electrons. The van der Waals surface area contributed by atoms with Crippen LogP contribution in [-0.2, 0) is 17.8 Å². The van der Waals surface area contributed by atoms with Gasteiger partial charge in [0.25, 0.3) is 0 Å². The molecule has 1 aliphatic rings. The highest BCUT2D eigenvalue weighted by Gasteiger charge is 2.27. The van der Waals surface area contributed by atoms with Gasteiger partial charge in [-0.25, -0.2) is 0 Å². The summed E-state index contributed by atoms with van der Waals surface area (Å²) in [4.78, 5) is 13.2. The molecule has 92 valence electrons. The van der Waals surface area contributed by atoms with Crippen LogP contribution in [0.4, 0.5) is 0 Å². The first-order valence-corrected chi connectivity index (χ1v) is 6.66. The van der Waals surface area contributed by atoms with Crippen LogP contribution < -0.4 is 0 Å². The zero-order valence-corrected chi connectivity index (χ0v) is 11.4. The quantitative estimate of drug-likeness (QED) is 0.932. The fourth-order valence-electron chi connectivity index (χ4n) is 2.44. The molecule has 1 aliphatic heterocycles. The fourth-order valence-corrected chi connectivity index (χ4v) is 3.05. The smallest absolute Gasteiger partial charge is 0.320 e. The summed E-state index contributed by atoms with van der Waals surface area (Å²) in [5.41, 5.74) is 2.56. The highest BCUT2D eigenvalue weighted by atomic mass is 79.9. The molecule has 17 heavy (non-hydrogen) atoms. The number of carbonyl (C=O) groups is 1. The molecule has 1 aromatic carbocycles. The van der Waals surface area contributed by atoms with Crippen LogP contribution >= 0.6 is 15.9 Å². The van der Waals surface area contributed by atoms with Crippen molar-refractivity contribution in [1.29, 1.82) is 0 Å². The standard InChI is InChI=1S/C13H16BrNO2/c1-2-12(13(16)17)15-7-6-10-9(8-15)4-3-5-11(10)14/h3-5,12H,2,6-8H2,1H3,(H,16,17). The average Bonchev–Trinajstić information content (AvgIpc) is 2.29. The molecule has 0 aromatic heterocycles. The highest BCUT2D eigenvalue weighted by Crippen LogP contribution is 2.27. The molecule has 0 aliphatic carbocycles. The fraction of sp³-hybridized carbons (Fsp3) is 0.462. The van der Waals surface area contributed by atoms with Crippen LogP contribution in [0.1, 0.15) is 24.5 Å². The van der Waals surface area contributed by atoms with E-state index in [1.54, 1.807) is 0 Å². The third-order valence-corrected chi connectivity index (χ3v) is 4.09. The first-order chi connectivity index (χ1) is 8.13. The summed E-state index contributed by atoms with van der Waals surface area (Å²) in [5.74, 6) is -0.717. The van der Waals surface area contributed by atoms with Crippen LogP contribution in [0.2, 0.25) is 0 Å². The number of carboxylic acids is 1. The van der Waals surface area contributed by atoms with Gasteiger partial charge in [0.1, 0.15) is 6.04 Å². The lowest BCUT2D eigenvalue weighted by atomic mass is 9.98. The highest BCUT2D eigenvalue weighted by molar-refractivity contribution is 9.10. The van der Waals surface area contributed by atoms with E-state index in [0.717, 1.165) is 24.0 Å². The first-order valence-electron chi connectivity index (χ1n) is 5.86. The maximum absolute atomic E-state index is 11.2. The van der Waals surface area contributed by atoms with Crippen molar-refractivity contribution < 1.29 is 9.90 Å². The number of hydrogen-bond donors (Lipinski definition) is 1. The Balaban J connectivity index is 2.21. The van der Waals surface area contributed by atoms with Crippen LogP contribution in [0.5, 0.6) is 0 Å². The van der Waals surface area contributed by atoms with Crippen LogP contribution in [0.25, 0.3) is 0 Å².